The maximum absolute atomic E-state index is 9.62. The Labute approximate surface area is 235 Å². The second-order valence-electron chi connectivity index (χ2n) is 9.20. The van der Waals surface area contributed by atoms with Crippen molar-refractivity contribution in [3.63, 3.8) is 0 Å². The summed E-state index contributed by atoms with van der Waals surface area (Å²) in [5.41, 5.74) is 0. The van der Waals surface area contributed by atoms with Crippen LogP contribution in [0, 0.1) is 0 Å². The van der Waals surface area contributed by atoms with Gasteiger partial charge in [-0.3, -0.25) is 0 Å². The van der Waals surface area contributed by atoms with Gasteiger partial charge in [0.05, 0.1) is 0 Å². The van der Waals surface area contributed by atoms with Crippen LogP contribution in [0.5, 0.6) is 11.5 Å². The molecule has 0 unspecified atom stereocenters. The SMILES string of the molecule is C.C.C.C.C.C.C.C.C.C[Si](C)(C)OCO[Si](C)(C)O.C[Si](C)(C)Oc1ccc(O[Si](C)(C)O)cc1. The van der Waals surface area contributed by atoms with Gasteiger partial charge in [-0.15, -0.1) is 0 Å². The molecule has 0 saturated carbocycles. The first kappa shape index (κ1) is 65.0. The number of rotatable bonds is 8. The van der Waals surface area contributed by atoms with E-state index in [9.17, 15) is 9.59 Å². The predicted molar refractivity (Wildman–Crippen MR) is 181 cm³/mol. The Bertz CT molecular complexity index is 495. The zero-order chi connectivity index (χ0) is 21.5. The van der Waals surface area contributed by atoms with Crippen LogP contribution in [0.15, 0.2) is 24.3 Å². The first-order chi connectivity index (χ1) is 11.9. The van der Waals surface area contributed by atoms with Crippen LogP contribution in [0.2, 0.25) is 65.5 Å². The summed E-state index contributed by atoms with van der Waals surface area (Å²) in [6.07, 6.45) is 0. The molecule has 0 aromatic heterocycles. The minimum Gasteiger partial charge on any atom is -0.544 e. The van der Waals surface area contributed by atoms with E-state index < -0.39 is 33.8 Å². The lowest BCUT2D eigenvalue weighted by atomic mass is 10.3. The van der Waals surface area contributed by atoms with Crippen molar-refractivity contribution in [1.82, 2.24) is 0 Å². The summed E-state index contributed by atoms with van der Waals surface area (Å²) >= 11 is 0. The average molecular weight is 595 g/mol. The molecule has 0 aliphatic heterocycles. The van der Waals surface area contributed by atoms with Gasteiger partial charge in [-0.2, -0.15) is 0 Å². The summed E-state index contributed by atoms with van der Waals surface area (Å²) in [7, 11) is -7.87. The van der Waals surface area contributed by atoms with Gasteiger partial charge in [0.15, 0.2) is 8.32 Å². The third-order valence-electron chi connectivity index (χ3n) is 2.52. The van der Waals surface area contributed by atoms with E-state index in [1.807, 2.05) is 24.3 Å². The summed E-state index contributed by atoms with van der Waals surface area (Å²) in [6, 6.07) is 7.43. The highest BCUT2D eigenvalue weighted by atomic mass is 28.4. The van der Waals surface area contributed by atoms with Gasteiger partial charge in [-0.05, 0) is 89.7 Å². The van der Waals surface area contributed by atoms with Crippen molar-refractivity contribution < 1.29 is 27.3 Å². The molecule has 0 heterocycles. The average Bonchev–Trinajstić information content (AvgIpc) is 2.35. The topological polar surface area (TPSA) is 77.4 Å². The van der Waals surface area contributed by atoms with Gasteiger partial charge >= 0.3 is 17.1 Å². The van der Waals surface area contributed by atoms with Crippen LogP contribution in [0.4, 0.5) is 0 Å². The second-order valence-corrected chi connectivity index (χ2v) is 24.4. The summed E-state index contributed by atoms with van der Waals surface area (Å²) in [5.74, 6) is 1.56. The lowest BCUT2D eigenvalue weighted by Gasteiger charge is -2.21. The molecule has 36 heavy (non-hydrogen) atoms. The molecule has 1 rings (SSSR count). The van der Waals surface area contributed by atoms with Crippen molar-refractivity contribution in [1.29, 1.82) is 0 Å². The molecule has 0 saturated heterocycles. The number of benzene rings is 1. The molecule has 10 heteroatoms. The third-order valence-corrected chi connectivity index (χ3v) is 5.91. The maximum atomic E-state index is 9.62. The Kier molecular flexibility index (Phi) is 47.2. The van der Waals surface area contributed by atoms with Gasteiger partial charge in [0.25, 0.3) is 0 Å². The molecule has 0 aliphatic carbocycles. The molecule has 2 N–H and O–H groups in total. The van der Waals surface area contributed by atoms with Crippen LogP contribution < -0.4 is 8.85 Å². The normalized spacial score (nSPS) is 9.67. The fraction of sp³-hybridized carbons (Fsp3) is 0.769. The Morgan fingerprint density at radius 1 is 0.472 bits per heavy atom. The molecule has 0 atom stereocenters. The van der Waals surface area contributed by atoms with E-state index in [-0.39, 0.29) is 73.6 Å². The molecule has 0 bridgehead atoms. The van der Waals surface area contributed by atoms with Gasteiger partial charge in [0, 0.05) is 0 Å². The summed E-state index contributed by atoms with van der Waals surface area (Å²) in [4.78, 5) is 18.9. The quantitative estimate of drug-likeness (QED) is 0.230. The van der Waals surface area contributed by atoms with Crippen molar-refractivity contribution in [2.75, 3.05) is 6.79 Å². The van der Waals surface area contributed by atoms with Gasteiger partial charge in [0.2, 0.25) is 8.32 Å². The summed E-state index contributed by atoms with van der Waals surface area (Å²) < 4.78 is 21.8. The predicted octanol–water partition coefficient (Wildman–Crippen LogP) is 10.2. The van der Waals surface area contributed by atoms with Gasteiger partial charge < -0.3 is 27.3 Å². The summed E-state index contributed by atoms with van der Waals surface area (Å²) in [5, 5.41) is 0. The minimum atomic E-state index is -2.49. The molecule has 1 aromatic carbocycles. The Hall–Kier alpha value is -0.472. The molecule has 0 fully saturated rings. The molecule has 0 spiro atoms. The first-order valence-corrected chi connectivity index (χ1v) is 21.6. The monoisotopic (exact) mass is 594 g/mol. The molecule has 230 valence electrons. The second kappa shape index (κ2) is 26.1. The van der Waals surface area contributed by atoms with Crippen molar-refractivity contribution in [3.8, 4) is 11.5 Å². The van der Waals surface area contributed by atoms with Crippen LogP contribution in [-0.4, -0.2) is 50.1 Å². The fourth-order valence-corrected chi connectivity index (χ4v) is 4.00. The van der Waals surface area contributed by atoms with Crippen LogP contribution in [0.1, 0.15) is 66.8 Å². The van der Waals surface area contributed by atoms with Crippen molar-refractivity contribution in [2.45, 2.75) is 132 Å². The molecule has 0 aliphatic rings. The van der Waals surface area contributed by atoms with E-state index in [4.69, 9.17) is 17.7 Å². The first-order valence-electron chi connectivity index (χ1n) is 9.07. The van der Waals surface area contributed by atoms with Gasteiger partial charge in [-0.1, -0.05) is 66.8 Å². The molecular weight excluding hydrogens is 521 g/mol. The van der Waals surface area contributed by atoms with E-state index in [0.29, 0.717) is 5.75 Å². The lowest BCUT2D eigenvalue weighted by Crippen LogP contribution is -2.35. The molecule has 1 aromatic rings. The summed E-state index contributed by atoms with van der Waals surface area (Å²) in [6.45, 7) is 19.8. The van der Waals surface area contributed by atoms with Gasteiger partial charge in [-0.25, -0.2) is 0 Å². The van der Waals surface area contributed by atoms with Crippen LogP contribution >= 0.6 is 0 Å². The Balaban J connectivity index is -0.0000000390. The fourth-order valence-electron chi connectivity index (χ4n) is 1.57. The van der Waals surface area contributed by atoms with Crippen molar-refractivity contribution >= 4 is 33.8 Å². The zero-order valence-electron chi connectivity index (χ0n) is 18.5. The molecule has 6 nitrogen and oxygen atoms in total. The highest BCUT2D eigenvalue weighted by Gasteiger charge is 2.22. The van der Waals surface area contributed by atoms with E-state index in [2.05, 4.69) is 39.3 Å². The smallest absolute Gasteiger partial charge is 0.389 e. The van der Waals surface area contributed by atoms with Crippen molar-refractivity contribution in [2.24, 2.45) is 0 Å². The highest BCUT2D eigenvalue weighted by molar-refractivity contribution is 6.70. The number of hydrogen-bond donors (Lipinski definition) is 2. The maximum Gasteiger partial charge on any atom is 0.389 e. The van der Waals surface area contributed by atoms with E-state index >= 15 is 0 Å². The highest BCUT2D eigenvalue weighted by Crippen LogP contribution is 2.22. The standard InChI is InChI=1S/C11H20O3Si2.C6H18O3Si2.9CH4/c1-15(2,3)13-10-6-8-11(9-7-10)14-16(4,5)12;1-10(2,3)8-6-9-11(4,5)7;;;;;;;;;/h6-9,12H,1-5H3;7H,6H2,1-5H3;9*1H4. The molecule has 0 radical (unpaired) electrons. The molecule has 0 amide bonds. The largest absolute Gasteiger partial charge is 0.544 e. The third kappa shape index (κ3) is 46.8. The Morgan fingerprint density at radius 3 is 1.00 bits per heavy atom. The van der Waals surface area contributed by atoms with E-state index in [1.54, 1.807) is 26.2 Å². The van der Waals surface area contributed by atoms with Crippen molar-refractivity contribution in [3.05, 3.63) is 24.3 Å². The zero-order valence-corrected chi connectivity index (χ0v) is 22.5. The number of hydrogen-bond acceptors (Lipinski definition) is 6. The Morgan fingerprint density at radius 2 is 0.778 bits per heavy atom. The lowest BCUT2D eigenvalue weighted by molar-refractivity contribution is 0.0848. The van der Waals surface area contributed by atoms with E-state index in [0.717, 1.165) is 5.75 Å². The minimum absolute atomic E-state index is 0. The van der Waals surface area contributed by atoms with Crippen LogP contribution in [0.25, 0.3) is 0 Å². The molecular formula is C26H74O6Si4. The van der Waals surface area contributed by atoms with E-state index in [1.165, 1.54) is 0 Å². The van der Waals surface area contributed by atoms with Crippen LogP contribution in [0.3, 0.4) is 0 Å². The van der Waals surface area contributed by atoms with Crippen LogP contribution in [-0.2, 0) is 8.85 Å². The van der Waals surface area contributed by atoms with Gasteiger partial charge in [0.1, 0.15) is 18.3 Å².